The SMILES string of the molecule is CNC(C)c1cc(Br)ccc1Oc1cc(C)ccc1Cl. The van der Waals surface area contributed by atoms with Gasteiger partial charge in [0.1, 0.15) is 11.5 Å². The number of nitrogens with one attached hydrogen (secondary N) is 1. The lowest BCUT2D eigenvalue weighted by atomic mass is 10.1. The fourth-order valence-corrected chi connectivity index (χ4v) is 2.45. The fraction of sp³-hybridized carbons (Fsp3) is 0.250. The molecule has 2 aromatic rings. The van der Waals surface area contributed by atoms with E-state index in [0.29, 0.717) is 10.8 Å². The van der Waals surface area contributed by atoms with E-state index in [-0.39, 0.29) is 6.04 Å². The number of ether oxygens (including phenoxy) is 1. The molecule has 2 aromatic carbocycles. The molecule has 2 nitrogen and oxygen atoms in total. The van der Waals surface area contributed by atoms with Crippen molar-refractivity contribution >= 4 is 27.5 Å². The van der Waals surface area contributed by atoms with Gasteiger partial charge in [0.15, 0.2) is 0 Å². The minimum atomic E-state index is 0.186. The third-order valence-electron chi connectivity index (χ3n) is 3.18. The van der Waals surface area contributed by atoms with Crippen molar-refractivity contribution in [3.63, 3.8) is 0 Å². The summed E-state index contributed by atoms with van der Waals surface area (Å²) in [6, 6.07) is 11.9. The van der Waals surface area contributed by atoms with Crippen molar-refractivity contribution in [2.45, 2.75) is 19.9 Å². The molecule has 1 atom stereocenters. The maximum Gasteiger partial charge on any atom is 0.146 e. The maximum absolute atomic E-state index is 6.19. The highest BCUT2D eigenvalue weighted by molar-refractivity contribution is 9.10. The summed E-state index contributed by atoms with van der Waals surface area (Å²) in [5.74, 6) is 1.49. The molecule has 0 aliphatic heterocycles. The van der Waals surface area contributed by atoms with Gasteiger partial charge in [-0.3, -0.25) is 0 Å². The van der Waals surface area contributed by atoms with Gasteiger partial charge in [-0.15, -0.1) is 0 Å². The second kappa shape index (κ2) is 6.61. The quantitative estimate of drug-likeness (QED) is 0.784. The first-order valence-corrected chi connectivity index (χ1v) is 7.59. The minimum absolute atomic E-state index is 0.186. The van der Waals surface area contributed by atoms with E-state index in [1.54, 1.807) is 0 Å². The van der Waals surface area contributed by atoms with E-state index in [9.17, 15) is 0 Å². The molecule has 4 heteroatoms. The number of benzene rings is 2. The number of hydrogen-bond acceptors (Lipinski definition) is 2. The molecule has 0 heterocycles. The third kappa shape index (κ3) is 3.54. The average Bonchev–Trinajstić information content (AvgIpc) is 2.43. The van der Waals surface area contributed by atoms with E-state index in [0.717, 1.165) is 21.3 Å². The Bertz CT molecular complexity index is 615. The Morgan fingerprint density at radius 1 is 1.15 bits per heavy atom. The van der Waals surface area contributed by atoms with Crippen molar-refractivity contribution in [1.29, 1.82) is 0 Å². The summed E-state index contributed by atoms with van der Waals surface area (Å²) in [6.07, 6.45) is 0. The Morgan fingerprint density at radius 2 is 1.90 bits per heavy atom. The Hall–Kier alpha value is -1.03. The summed E-state index contributed by atoms with van der Waals surface area (Å²) >= 11 is 9.69. The van der Waals surface area contributed by atoms with Crippen molar-refractivity contribution in [2.75, 3.05) is 7.05 Å². The second-order valence-corrected chi connectivity index (χ2v) is 6.05. The Kier molecular flexibility index (Phi) is 5.08. The molecule has 0 aromatic heterocycles. The molecule has 1 N–H and O–H groups in total. The molecule has 0 spiro atoms. The van der Waals surface area contributed by atoms with E-state index in [4.69, 9.17) is 16.3 Å². The van der Waals surface area contributed by atoms with E-state index >= 15 is 0 Å². The minimum Gasteiger partial charge on any atom is -0.455 e. The first-order chi connectivity index (χ1) is 9.51. The number of hydrogen-bond donors (Lipinski definition) is 1. The first-order valence-electron chi connectivity index (χ1n) is 6.42. The Balaban J connectivity index is 2.40. The van der Waals surface area contributed by atoms with E-state index in [2.05, 4.69) is 34.2 Å². The summed E-state index contributed by atoms with van der Waals surface area (Å²) < 4.78 is 7.03. The lowest BCUT2D eigenvalue weighted by molar-refractivity contribution is 0.466. The van der Waals surface area contributed by atoms with Crippen LogP contribution in [0.1, 0.15) is 24.1 Å². The summed E-state index contributed by atoms with van der Waals surface area (Å²) in [5.41, 5.74) is 2.20. The summed E-state index contributed by atoms with van der Waals surface area (Å²) in [4.78, 5) is 0. The van der Waals surface area contributed by atoms with Gasteiger partial charge >= 0.3 is 0 Å². The number of halogens is 2. The number of rotatable bonds is 4. The first kappa shape index (κ1) is 15.4. The molecule has 0 aliphatic carbocycles. The zero-order valence-electron chi connectivity index (χ0n) is 11.7. The van der Waals surface area contributed by atoms with Gasteiger partial charge in [-0.05, 0) is 56.8 Å². The predicted molar refractivity (Wildman–Crippen MR) is 87.9 cm³/mol. The van der Waals surface area contributed by atoms with Crippen LogP contribution in [0.2, 0.25) is 5.02 Å². The van der Waals surface area contributed by atoms with Gasteiger partial charge in [0.25, 0.3) is 0 Å². The second-order valence-electron chi connectivity index (χ2n) is 4.73. The van der Waals surface area contributed by atoms with E-state index < -0.39 is 0 Å². The van der Waals surface area contributed by atoms with Crippen molar-refractivity contribution in [3.05, 3.63) is 57.0 Å². The van der Waals surface area contributed by atoms with E-state index in [1.165, 1.54) is 0 Å². The van der Waals surface area contributed by atoms with Crippen LogP contribution in [0, 0.1) is 6.92 Å². The van der Waals surface area contributed by atoms with Gasteiger partial charge in [-0.25, -0.2) is 0 Å². The van der Waals surface area contributed by atoms with Gasteiger partial charge < -0.3 is 10.1 Å². The average molecular weight is 355 g/mol. The van der Waals surface area contributed by atoms with Gasteiger partial charge in [0, 0.05) is 16.1 Å². The highest BCUT2D eigenvalue weighted by Gasteiger charge is 2.13. The normalized spacial score (nSPS) is 12.2. The smallest absolute Gasteiger partial charge is 0.146 e. The fourth-order valence-electron chi connectivity index (χ4n) is 1.91. The predicted octanol–water partition coefficient (Wildman–Crippen LogP) is 5.48. The lowest BCUT2D eigenvalue weighted by Gasteiger charge is -2.17. The van der Waals surface area contributed by atoms with Crippen LogP contribution < -0.4 is 10.1 Å². The van der Waals surface area contributed by atoms with Crippen molar-refractivity contribution < 1.29 is 4.74 Å². The molecule has 0 fully saturated rings. The summed E-state index contributed by atoms with van der Waals surface area (Å²) in [6.45, 7) is 4.11. The number of aryl methyl sites for hydroxylation is 1. The van der Waals surface area contributed by atoms with E-state index in [1.807, 2.05) is 44.3 Å². The van der Waals surface area contributed by atoms with Crippen LogP contribution in [0.3, 0.4) is 0 Å². The monoisotopic (exact) mass is 353 g/mol. The molecule has 0 bridgehead atoms. The lowest BCUT2D eigenvalue weighted by Crippen LogP contribution is -2.13. The van der Waals surface area contributed by atoms with Gasteiger partial charge in [0.05, 0.1) is 5.02 Å². The maximum atomic E-state index is 6.19. The molecule has 0 amide bonds. The van der Waals surface area contributed by atoms with Crippen molar-refractivity contribution in [3.8, 4) is 11.5 Å². The highest BCUT2D eigenvalue weighted by atomic mass is 79.9. The van der Waals surface area contributed by atoms with Gasteiger partial charge in [0.2, 0.25) is 0 Å². The molecule has 0 radical (unpaired) electrons. The van der Waals surface area contributed by atoms with Crippen LogP contribution in [-0.2, 0) is 0 Å². The van der Waals surface area contributed by atoms with Crippen LogP contribution in [-0.4, -0.2) is 7.05 Å². The zero-order chi connectivity index (χ0) is 14.7. The Labute approximate surface area is 133 Å². The van der Waals surface area contributed by atoms with Gasteiger partial charge in [-0.1, -0.05) is 33.6 Å². The molecular weight excluding hydrogens is 338 g/mol. The third-order valence-corrected chi connectivity index (χ3v) is 3.98. The highest BCUT2D eigenvalue weighted by Crippen LogP contribution is 2.35. The van der Waals surface area contributed by atoms with Crippen LogP contribution in [0.5, 0.6) is 11.5 Å². The zero-order valence-corrected chi connectivity index (χ0v) is 14.0. The van der Waals surface area contributed by atoms with Crippen LogP contribution in [0.25, 0.3) is 0 Å². The van der Waals surface area contributed by atoms with Crippen LogP contribution in [0.15, 0.2) is 40.9 Å². The Morgan fingerprint density at radius 3 is 2.60 bits per heavy atom. The molecular formula is C16H17BrClNO. The largest absolute Gasteiger partial charge is 0.455 e. The molecule has 0 aliphatic rings. The summed E-state index contributed by atoms with van der Waals surface area (Å²) in [5, 5.41) is 3.84. The molecule has 2 rings (SSSR count). The molecule has 106 valence electrons. The molecule has 20 heavy (non-hydrogen) atoms. The molecule has 0 saturated carbocycles. The standard InChI is InChI=1S/C16H17BrClNO/c1-10-4-6-14(18)16(8-10)20-15-7-5-12(17)9-13(15)11(2)19-3/h4-9,11,19H,1-3H3. The van der Waals surface area contributed by atoms with Gasteiger partial charge in [-0.2, -0.15) is 0 Å². The van der Waals surface area contributed by atoms with Crippen molar-refractivity contribution in [2.24, 2.45) is 0 Å². The molecule has 1 unspecified atom stereocenters. The van der Waals surface area contributed by atoms with Crippen molar-refractivity contribution in [1.82, 2.24) is 5.32 Å². The molecule has 0 saturated heterocycles. The summed E-state index contributed by atoms with van der Waals surface area (Å²) in [7, 11) is 1.93. The topological polar surface area (TPSA) is 21.3 Å². The van der Waals surface area contributed by atoms with Crippen LogP contribution >= 0.6 is 27.5 Å². The van der Waals surface area contributed by atoms with Crippen LogP contribution in [0.4, 0.5) is 0 Å².